The molecule has 4 nitrogen and oxygen atoms in total. The third kappa shape index (κ3) is 3.77. The van der Waals surface area contributed by atoms with Gasteiger partial charge in [-0.2, -0.15) is 0 Å². The second-order valence-electron chi connectivity index (χ2n) is 6.36. The van der Waals surface area contributed by atoms with E-state index in [1.165, 1.54) is 5.56 Å². The van der Waals surface area contributed by atoms with E-state index in [0.717, 1.165) is 22.4 Å². The van der Waals surface area contributed by atoms with Crippen molar-refractivity contribution in [3.63, 3.8) is 0 Å². The zero-order valence-corrected chi connectivity index (χ0v) is 16.4. The molecule has 0 bridgehead atoms. The number of benzene rings is 2. The molecule has 1 fully saturated rings. The van der Waals surface area contributed by atoms with Gasteiger partial charge in [-0.15, -0.1) is 23.5 Å². The Balaban J connectivity index is 1.44. The van der Waals surface area contributed by atoms with Crippen LogP contribution in [0, 0.1) is 0 Å². The van der Waals surface area contributed by atoms with Crippen molar-refractivity contribution in [2.24, 2.45) is 0 Å². The Morgan fingerprint density at radius 1 is 1.07 bits per heavy atom. The number of hydrogen-bond donors (Lipinski definition) is 1. The Kier molecular flexibility index (Phi) is 5.27. The minimum atomic E-state index is -0.850. The number of nitrogens with one attached hydrogen (secondary N) is 1. The summed E-state index contributed by atoms with van der Waals surface area (Å²) < 4.78 is 5.87. The lowest BCUT2D eigenvalue weighted by Gasteiger charge is -2.13. The van der Waals surface area contributed by atoms with Gasteiger partial charge in [-0.25, -0.2) is 4.79 Å². The van der Waals surface area contributed by atoms with Gasteiger partial charge < -0.3 is 9.72 Å². The van der Waals surface area contributed by atoms with Crippen LogP contribution in [-0.4, -0.2) is 34.3 Å². The van der Waals surface area contributed by atoms with Crippen molar-refractivity contribution < 1.29 is 14.3 Å². The number of carbonyl (C=O) groups excluding carboxylic acids is 2. The zero-order valence-electron chi connectivity index (χ0n) is 14.8. The summed E-state index contributed by atoms with van der Waals surface area (Å²) in [6.07, 6.45) is 0.820. The van der Waals surface area contributed by atoms with Gasteiger partial charge in [0, 0.05) is 34.2 Å². The van der Waals surface area contributed by atoms with Crippen molar-refractivity contribution in [3.8, 4) is 0 Å². The molecule has 0 radical (unpaired) electrons. The quantitative estimate of drug-likeness (QED) is 0.481. The van der Waals surface area contributed by atoms with E-state index in [1.807, 2.05) is 59.9 Å². The van der Waals surface area contributed by atoms with Crippen molar-refractivity contribution in [3.05, 3.63) is 71.4 Å². The third-order valence-corrected chi connectivity index (χ3v) is 7.65. The Morgan fingerprint density at radius 2 is 1.78 bits per heavy atom. The van der Waals surface area contributed by atoms with E-state index in [0.29, 0.717) is 15.7 Å². The van der Waals surface area contributed by atoms with Crippen LogP contribution in [-0.2, 0) is 4.74 Å². The molecule has 27 heavy (non-hydrogen) atoms. The van der Waals surface area contributed by atoms with Crippen molar-refractivity contribution >= 4 is 46.2 Å². The van der Waals surface area contributed by atoms with Crippen molar-refractivity contribution in [1.29, 1.82) is 0 Å². The fourth-order valence-electron chi connectivity index (χ4n) is 3.10. The summed E-state index contributed by atoms with van der Waals surface area (Å²) in [7, 11) is 0. The lowest BCUT2D eigenvalue weighted by molar-refractivity contribution is 0.0319. The number of carbonyl (C=O) groups is 2. The van der Waals surface area contributed by atoms with E-state index in [1.54, 1.807) is 25.3 Å². The topological polar surface area (TPSA) is 59.2 Å². The molecule has 1 N–H and O–H groups in total. The van der Waals surface area contributed by atoms with Crippen LogP contribution in [0.25, 0.3) is 10.9 Å². The van der Waals surface area contributed by atoms with E-state index < -0.39 is 12.1 Å². The van der Waals surface area contributed by atoms with E-state index >= 15 is 0 Å². The van der Waals surface area contributed by atoms with Crippen LogP contribution in [0.2, 0.25) is 0 Å². The second-order valence-corrected chi connectivity index (χ2v) is 9.08. The number of esters is 1. The van der Waals surface area contributed by atoms with Crippen LogP contribution in [0.3, 0.4) is 0 Å². The maximum atomic E-state index is 12.7. The second kappa shape index (κ2) is 7.82. The first-order valence-electron chi connectivity index (χ1n) is 8.78. The molecule has 0 aliphatic carbocycles. The van der Waals surface area contributed by atoms with Crippen LogP contribution in [0.4, 0.5) is 0 Å². The summed E-state index contributed by atoms with van der Waals surface area (Å²) in [5.41, 5.74) is 3.10. The van der Waals surface area contributed by atoms with E-state index in [-0.39, 0.29) is 5.78 Å². The third-order valence-electron chi connectivity index (χ3n) is 4.55. The number of hydrogen-bond acceptors (Lipinski definition) is 5. The Morgan fingerprint density at radius 3 is 2.52 bits per heavy atom. The average molecular weight is 398 g/mol. The molecule has 1 aliphatic rings. The molecule has 1 atom stereocenters. The first-order chi connectivity index (χ1) is 13.1. The fraction of sp³-hybridized carbons (Fsp3) is 0.238. The number of thioether (sulfide) groups is 2. The highest BCUT2D eigenvalue weighted by Gasteiger charge is 2.23. The van der Waals surface area contributed by atoms with Crippen LogP contribution >= 0.6 is 23.5 Å². The number of ketones is 1. The zero-order chi connectivity index (χ0) is 18.8. The maximum Gasteiger partial charge on any atom is 0.338 e. The molecule has 0 spiro atoms. The molecular formula is C21H19NO3S2. The van der Waals surface area contributed by atoms with Gasteiger partial charge in [0.05, 0.1) is 10.1 Å². The van der Waals surface area contributed by atoms with Gasteiger partial charge in [0.25, 0.3) is 0 Å². The number of Topliss-reactive ketones (excluding diaryl/α,β-unsaturated/α-hetero) is 1. The van der Waals surface area contributed by atoms with Crippen LogP contribution in [0.5, 0.6) is 0 Å². The molecule has 6 heteroatoms. The molecule has 0 saturated carbocycles. The average Bonchev–Trinajstić information content (AvgIpc) is 3.37. The Labute approximate surface area is 166 Å². The van der Waals surface area contributed by atoms with Crippen molar-refractivity contribution in [1.82, 2.24) is 4.98 Å². The van der Waals surface area contributed by atoms with Gasteiger partial charge in [0.15, 0.2) is 6.10 Å². The van der Waals surface area contributed by atoms with Gasteiger partial charge in [0.1, 0.15) is 0 Å². The summed E-state index contributed by atoms with van der Waals surface area (Å²) in [6.45, 7) is 1.61. The number of para-hydroxylation sites is 1. The van der Waals surface area contributed by atoms with Gasteiger partial charge >= 0.3 is 5.97 Å². The molecule has 2 heterocycles. The molecule has 3 aromatic rings. The van der Waals surface area contributed by atoms with Crippen LogP contribution in [0.15, 0.2) is 54.7 Å². The van der Waals surface area contributed by atoms with Gasteiger partial charge in [-0.3, -0.25) is 4.79 Å². The molecule has 0 amide bonds. The van der Waals surface area contributed by atoms with E-state index in [9.17, 15) is 9.59 Å². The smallest absolute Gasteiger partial charge is 0.338 e. The summed E-state index contributed by atoms with van der Waals surface area (Å²) in [4.78, 5) is 28.2. The summed E-state index contributed by atoms with van der Waals surface area (Å²) in [6, 6.07) is 15.1. The van der Waals surface area contributed by atoms with Gasteiger partial charge in [-0.05, 0) is 30.7 Å². The first kappa shape index (κ1) is 18.2. The predicted molar refractivity (Wildman–Crippen MR) is 112 cm³/mol. The highest BCUT2D eigenvalue weighted by Crippen LogP contribution is 2.45. The number of H-pyrrole nitrogens is 1. The SMILES string of the molecule is CC(OC(=O)c1ccc(C2SCCS2)cc1)C(=O)c1c[nH]c2ccccc12. The van der Waals surface area contributed by atoms with Crippen molar-refractivity contribution in [2.45, 2.75) is 17.6 Å². The van der Waals surface area contributed by atoms with Gasteiger partial charge in [-0.1, -0.05) is 30.3 Å². The predicted octanol–water partition coefficient (Wildman–Crippen LogP) is 5.07. The molecule has 2 aromatic carbocycles. The van der Waals surface area contributed by atoms with Crippen LogP contribution < -0.4 is 0 Å². The molecular weight excluding hydrogens is 378 g/mol. The number of aromatic nitrogens is 1. The standard InChI is InChI=1S/C21H19NO3S2/c1-13(19(23)17-12-22-18-5-3-2-4-16(17)18)25-20(24)14-6-8-15(9-7-14)21-26-10-11-27-21/h2-9,12-13,21-22H,10-11H2,1H3. The fourth-order valence-corrected chi connectivity index (χ4v) is 5.96. The minimum Gasteiger partial charge on any atom is -0.451 e. The monoisotopic (exact) mass is 397 g/mol. The lowest BCUT2D eigenvalue weighted by atomic mass is 10.1. The molecule has 1 aromatic heterocycles. The maximum absolute atomic E-state index is 12.7. The number of fused-ring (bicyclic) bond motifs is 1. The molecule has 1 aliphatic heterocycles. The molecule has 138 valence electrons. The van der Waals surface area contributed by atoms with Gasteiger partial charge in [0.2, 0.25) is 5.78 Å². The normalized spacial score (nSPS) is 15.7. The highest BCUT2D eigenvalue weighted by atomic mass is 32.2. The Hall–Kier alpha value is -2.18. The number of rotatable bonds is 5. The Bertz CT molecular complexity index is 975. The lowest BCUT2D eigenvalue weighted by Crippen LogP contribution is -2.24. The molecule has 1 unspecified atom stereocenters. The number of aromatic amines is 1. The highest BCUT2D eigenvalue weighted by molar-refractivity contribution is 8.19. The molecule has 1 saturated heterocycles. The van der Waals surface area contributed by atoms with Crippen LogP contribution in [0.1, 0.15) is 37.8 Å². The largest absolute Gasteiger partial charge is 0.451 e. The first-order valence-corrected chi connectivity index (χ1v) is 10.9. The minimum absolute atomic E-state index is 0.212. The summed E-state index contributed by atoms with van der Waals surface area (Å²) in [5.74, 6) is 1.63. The van der Waals surface area contributed by atoms with Crippen molar-refractivity contribution in [2.75, 3.05) is 11.5 Å². The van der Waals surface area contributed by atoms with E-state index in [2.05, 4.69) is 4.98 Å². The summed E-state index contributed by atoms with van der Waals surface area (Å²) in [5, 5.41) is 0.835. The molecule has 4 rings (SSSR count). The summed E-state index contributed by atoms with van der Waals surface area (Å²) >= 11 is 3.85. The number of ether oxygens (including phenoxy) is 1. The van der Waals surface area contributed by atoms with E-state index in [4.69, 9.17) is 4.74 Å².